The first kappa shape index (κ1) is 30.2. The van der Waals surface area contributed by atoms with Gasteiger partial charge in [-0.2, -0.15) is 13.2 Å². The number of nitrogens with zero attached hydrogens (tertiary/aromatic N) is 4. The first-order chi connectivity index (χ1) is 17.2. The van der Waals surface area contributed by atoms with Gasteiger partial charge in [0, 0.05) is 20.1 Å². The first-order valence-corrected chi connectivity index (χ1v) is 11.3. The molecular formula is C23H29ClF4N6O3. The van der Waals surface area contributed by atoms with Gasteiger partial charge in [0.15, 0.2) is 5.75 Å². The molecule has 1 aromatic heterocycles. The fourth-order valence-corrected chi connectivity index (χ4v) is 3.70. The summed E-state index contributed by atoms with van der Waals surface area (Å²) in [4.78, 5) is 20.6. The lowest BCUT2D eigenvalue weighted by atomic mass is 10.1. The number of likely N-dealkylation sites (N-methyl/N-ethyl adjacent to an activating group) is 1. The second-order valence-electron chi connectivity index (χ2n) is 8.52. The van der Waals surface area contributed by atoms with Crippen LogP contribution in [0.5, 0.6) is 5.75 Å². The maximum absolute atomic E-state index is 13.7. The van der Waals surface area contributed by atoms with Gasteiger partial charge in [0.05, 0.1) is 35.4 Å². The molecule has 1 amide bonds. The number of nitrogens with one attached hydrogen (secondary N) is 2. The number of anilines is 2. The number of carbonyl (C=O) groups excluding carboxylic acids is 1. The van der Waals surface area contributed by atoms with Gasteiger partial charge in [0.25, 0.3) is 0 Å². The minimum Gasteiger partial charge on any atom is -0.407 e. The fourth-order valence-electron chi connectivity index (χ4n) is 3.34. The van der Waals surface area contributed by atoms with E-state index in [2.05, 4.69) is 10.3 Å². The smallest absolute Gasteiger partial charge is 0.407 e. The lowest BCUT2D eigenvalue weighted by Gasteiger charge is -2.27. The molecule has 0 bridgehead atoms. The molecule has 204 valence electrons. The van der Waals surface area contributed by atoms with Crippen molar-refractivity contribution in [1.82, 2.24) is 15.2 Å². The fraction of sp³-hybridized carbons (Fsp3) is 0.435. The van der Waals surface area contributed by atoms with E-state index in [4.69, 9.17) is 21.7 Å². The molecule has 1 unspecified atom stereocenters. The summed E-state index contributed by atoms with van der Waals surface area (Å²) in [6, 6.07) is 3.09. The second-order valence-corrected chi connectivity index (χ2v) is 8.90. The van der Waals surface area contributed by atoms with E-state index in [1.807, 2.05) is 0 Å². The van der Waals surface area contributed by atoms with Gasteiger partial charge in [-0.15, -0.1) is 0 Å². The highest BCUT2D eigenvalue weighted by atomic mass is 35.5. The molecule has 0 fully saturated rings. The average Bonchev–Trinajstić information content (AvgIpc) is 2.79. The van der Waals surface area contributed by atoms with Crippen molar-refractivity contribution < 1.29 is 32.2 Å². The maximum atomic E-state index is 13.7. The third-order valence-corrected chi connectivity index (χ3v) is 5.56. The number of aryl methyl sites for hydroxylation is 2. The summed E-state index contributed by atoms with van der Waals surface area (Å²) in [6.45, 7) is 2.86. The third kappa shape index (κ3) is 7.74. The van der Waals surface area contributed by atoms with Gasteiger partial charge in [-0.1, -0.05) is 11.6 Å². The number of hydrogen-bond acceptors (Lipinski definition) is 7. The molecule has 1 heterocycles. The summed E-state index contributed by atoms with van der Waals surface area (Å²) in [5, 5.41) is 19.9. The summed E-state index contributed by atoms with van der Waals surface area (Å²) < 4.78 is 60.1. The number of amides is 1. The van der Waals surface area contributed by atoms with Gasteiger partial charge in [-0.3, -0.25) is 15.6 Å². The number of pyridine rings is 1. The van der Waals surface area contributed by atoms with E-state index in [9.17, 15) is 27.5 Å². The number of benzene rings is 1. The predicted molar refractivity (Wildman–Crippen MR) is 133 cm³/mol. The Hall–Kier alpha value is -3.00. The van der Waals surface area contributed by atoms with Crippen LogP contribution >= 0.6 is 11.6 Å². The van der Waals surface area contributed by atoms with Crippen molar-refractivity contribution in [2.75, 3.05) is 50.7 Å². The van der Waals surface area contributed by atoms with Crippen LogP contribution in [0.3, 0.4) is 0 Å². The standard InChI is InChI=1S/C23H29ClF4N6O3/c1-13-8-16(23(26,27)28)19(24)20(34(11-29)12-30-9-15(35)10-32(3)4)21(13)37-22(36)33(5)18-7-6-17(25)14(2)31-18/h6-8,11,15,29-30,35H,9-10,12H2,1-5H3. The van der Waals surface area contributed by atoms with Crippen LogP contribution in [0.15, 0.2) is 18.2 Å². The Morgan fingerprint density at radius 2 is 1.95 bits per heavy atom. The molecule has 0 aliphatic rings. The summed E-state index contributed by atoms with van der Waals surface area (Å²) in [5.74, 6) is -0.850. The quantitative estimate of drug-likeness (QED) is 0.178. The molecule has 2 aromatic rings. The Balaban J connectivity index is 2.45. The van der Waals surface area contributed by atoms with Gasteiger partial charge in [-0.05, 0) is 51.7 Å². The molecule has 2 rings (SSSR count). The van der Waals surface area contributed by atoms with Crippen LogP contribution in [0.4, 0.5) is 33.9 Å². The Morgan fingerprint density at radius 1 is 1.30 bits per heavy atom. The van der Waals surface area contributed by atoms with Crippen molar-refractivity contribution >= 4 is 35.5 Å². The molecule has 3 N–H and O–H groups in total. The Morgan fingerprint density at radius 3 is 2.49 bits per heavy atom. The monoisotopic (exact) mass is 548 g/mol. The van der Waals surface area contributed by atoms with Crippen LogP contribution in [0.25, 0.3) is 0 Å². The van der Waals surface area contributed by atoms with Crippen molar-refractivity contribution in [2.45, 2.75) is 26.1 Å². The Labute approximate surface area is 217 Å². The molecule has 0 saturated carbocycles. The normalized spacial score (nSPS) is 12.4. The second kappa shape index (κ2) is 12.5. The SMILES string of the molecule is Cc1cc(C(F)(F)F)c(Cl)c(N(C=N)CNCC(O)CN(C)C)c1OC(=O)N(C)c1ccc(F)c(C)n1. The number of carbonyl (C=O) groups is 1. The van der Waals surface area contributed by atoms with Crippen molar-refractivity contribution in [3.63, 3.8) is 0 Å². The van der Waals surface area contributed by atoms with Gasteiger partial charge < -0.3 is 19.6 Å². The number of alkyl halides is 3. The number of aliphatic hydroxyl groups excluding tert-OH is 1. The van der Waals surface area contributed by atoms with E-state index in [-0.39, 0.29) is 41.7 Å². The number of rotatable bonds is 10. The van der Waals surface area contributed by atoms with E-state index in [0.717, 1.165) is 28.3 Å². The number of ether oxygens (including phenoxy) is 1. The number of hydrogen-bond donors (Lipinski definition) is 3. The van der Waals surface area contributed by atoms with Crippen molar-refractivity contribution in [3.05, 3.63) is 45.9 Å². The molecule has 0 spiro atoms. The highest BCUT2D eigenvalue weighted by molar-refractivity contribution is 6.35. The zero-order valence-electron chi connectivity index (χ0n) is 21.0. The molecule has 1 aromatic carbocycles. The highest BCUT2D eigenvalue weighted by Gasteiger charge is 2.37. The minimum atomic E-state index is -4.82. The Kier molecular flexibility index (Phi) is 10.2. The van der Waals surface area contributed by atoms with E-state index >= 15 is 0 Å². The number of aromatic nitrogens is 1. The van der Waals surface area contributed by atoms with Crippen LogP contribution < -0.4 is 19.9 Å². The zero-order valence-corrected chi connectivity index (χ0v) is 21.7. The molecule has 9 nitrogen and oxygen atoms in total. The van der Waals surface area contributed by atoms with Crippen molar-refractivity contribution in [1.29, 1.82) is 5.41 Å². The highest BCUT2D eigenvalue weighted by Crippen LogP contribution is 2.46. The summed E-state index contributed by atoms with van der Waals surface area (Å²) in [6.07, 6.45) is -5.93. The van der Waals surface area contributed by atoms with Crippen LogP contribution in [0, 0.1) is 25.1 Å². The molecular weight excluding hydrogens is 520 g/mol. The first-order valence-electron chi connectivity index (χ1n) is 11.0. The van der Waals surface area contributed by atoms with Gasteiger partial charge in [0.2, 0.25) is 0 Å². The summed E-state index contributed by atoms with van der Waals surface area (Å²) in [5.41, 5.74) is -1.59. The largest absolute Gasteiger partial charge is 0.420 e. The average molecular weight is 549 g/mol. The number of aliphatic hydroxyl groups is 1. The van der Waals surface area contributed by atoms with E-state index in [1.165, 1.54) is 27.0 Å². The van der Waals surface area contributed by atoms with Crippen LogP contribution in [-0.2, 0) is 6.18 Å². The zero-order chi connectivity index (χ0) is 28.1. The lowest BCUT2D eigenvalue weighted by Crippen LogP contribution is -2.41. The Bertz CT molecular complexity index is 1130. The van der Waals surface area contributed by atoms with E-state index < -0.39 is 34.8 Å². The molecule has 37 heavy (non-hydrogen) atoms. The molecule has 0 radical (unpaired) electrons. The third-order valence-electron chi connectivity index (χ3n) is 5.18. The molecule has 0 aliphatic carbocycles. The maximum Gasteiger partial charge on any atom is 0.420 e. The minimum absolute atomic E-state index is 0.0316. The van der Waals surface area contributed by atoms with E-state index in [0.29, 0.717) is 6.54 Å². The van der Waals surface area contributed by atoms with Crippen LogP contribution in [0.1, 0.15) is 16.8 Å². The van der Waals surface area contributed by atoms with Crippen molar-refractivity contribution in [2.24, 2.45) is 0 Å². The topological polar surface area (TPSA) is 105 Å². The number of halogens is 5. The van der Waals surface area contributed by atoms with E-state index in [1.54, 1.807) is 19.0 Å². The van der Waals surface area contributed by atoms with Crippen LogP contribution in [0.2, 0.25) is 5.02 Å². The van der Waals surface area contributed by atoms with Crippen molar-refractivity contribution in [3.8, 4) is 5.75 Å². The molecule has 0 aliphatic heterocycles. The van der Waals surface area contributed by atoms with Gasteiger partial charge >= 0.3 is 12.3 Å². The predicted octanol–water partition coefficient (Wildman–Crippen LogP) is 4.03. The molecule has 14 heteroatoms. The summed E-state index contributed by atoms with van der Waals surface area (Å²) in [7, 11) is 4.82. The van der Waals surface area contributed by atoms with Gasteiger partial charge in [0.1, 0.15) is 17.3 Å². The van der Waals surface area contributed by atoms with Crippen LogP contribution in [-0.4, -0.2) is 74.4 Å². The summed E-state index contributed by atoms with van der Waals surface area (Å²) >= 11 is 6.16. The molecule has 0 saturated heterocycles. The molecule has 1 atom stereocenters. The van der Waals surface area contributed by atoms with Gasteiger partial charge in [-0.25, -0.2) is 14.2 Å². The lowest BCUT2D eigenvalue weighted by molar-refractivity contribution is -0.137.